The van der Waals surface area contributed by atoms with Crippen molar-refractivity contribution in [1.29, 1.82) is 0 Å². The number of hydrogen-bond acceptors (Lipinski definition) is 3. The highest BCUT2D eigenvalue weighted by Gasteiger charge is 2.19. The molecule has 0 saturated heterocycles. The van der Waals surface area contributed by atoms with Gasteiger partial charge in [0.25, 0.3) is 0 Å². The number of carbonyl (C=O) groups excluding carboxylic acids is 1. The van der Waals surface area contributed by atoms with Crippen LogP contribution in [-0.2, 0) is 9.53 Å². The summed E-state index contributed by atoms with van der Waals surface area (Å²) in [6.07, 6.45) is 1.44. The average Bonchev–Trinajstić information content (AvgIpc) is 2.38. The van der Waals surface area contributed by atoms with Gasteiger partial charge in [0.1, 0.15) is 0 Å². The molecule has 0 aliphatic heterocycles. The summed E-state index contributed by atoms with van der Waals surface area (Å²) in [5.41, 5.74) is 7.87. The summed E-state index contributed by atoms with van der Waals surface area (Å²) in [7, 11) is 3.41. The molecule has 1 unspecified atom stereocenters. The number of amides is 1. The van der Waals surface area contributed by atoms with Crippen LogP contribution in [0.15, 0.2) is 24.3 Å². The Kier molecular flexibility index (Phi) is 5.82. The molecule has 0 aliphatic rings. The minimum Gasteiger partial charge on any atom is -0.385 e. The number of benzene rings is 1. The predicted octanol–water partition coefficient (Wildman–Crippen LogP) is 1.71. The molecule has 1 aromatic carbocycles. The highest BCUT2D eigenvalue weighted by Crippen LogP contribution is 2.18. The Balaban J connectivity index is 2.63. The largest absolute Gasteiger partial charge is 0.385 e. The minimum atomic E-state index is -0.468. The van der Waals surface area contributed by atoms with Crippen LogP contribution in [0, 0.1) is 6.92 Å². The molecule has 0 radical (unpaired) electrons. The van der Waals surface area contributed by atoms with Crippen molar-refractivity contribution in [1.82, 2.24) is 0 Å². The molecule has 4 heteroatoms. The number of carbonyl (C=O) groups is 1. The molecular weight excluding hydrogens is 228 g/mol. The Morgan fingerprint density at radius 3 is 2.72 bits per heavy atom. The normalized spacial score (nSPS) is 12.2. The quantitative estimate of drug-likeness (QED) is 0.782. The standard InChI is InChI=1S/C14H22N2O2/c1-11-7-4-5-9-13(11)16(2)14(17)12(15)8-6-10-18-3/h4-5,7,9,12H,6,8,10,15H2,1-3H3. The lowest BCUT2D eigenvalue weighted by molar-refractivity contribution is -0.119. The van der Waals surface area contributed by atoms with Crippen LogP contribution < -0.4 is 10.6 Å². The molecule has 4 nitrogen and oxygen atoms in total. The van der Waals surface area contributed by atoms with E-state index >= 15 is 0 Å². The van der Waals surface area contributed by atoms with Gasteiger partial charge in [-0.15, -0.1) is 0 Å². The number of likely N-dealkylation sites (N-methyl/N-ethyl adjacent to an activating group) is 1. The highest BCUT2D eigenvalue weighted by molar-refractivity contribution is 5.97. The van der Waals surface area contributed by atoms with E-state index < -0.39 is 6.04 Å². The molecule has 1 aromatic rings. The van der Waals surface area contributed by atoms with Gasteiger partial charge in [-0.25, -0.2) is 0 Å². The monoisotopic (exact) mass is 250 g/mol. The van der Waals surface area contributed by atoms with Gasteiger partial charge in [0, 0.05) is 26.5 Å². The highest BCUT2D eigenvalue weighted by atomic mass is 16.5. The molecule has 0 saturated carbocycles. The first-order chi connectivity index (χ1) is 8.57. The number of ether oxygens (including phenoxy) is 1. The Morgan fingerprint density at radius 1 is 1.44 bits per heavy atom. The van der Waals surface area contributed by atoms with Crippen LogP contribution in [0.3, 0.4) is 0 Å². The smallest absolute Gasteiger partial charge is 0.243 e. The fraction of sp³-hybridized carbons (Fsp3) is 0.500. The summed E-state index contributed by atoms with van der Waals surface area (Å²) in [6, 6.07) is 7.31. The summed E-state index contributed by atoms with van der Waals surface area (Å²) < 4.78 is 4.96. The number of para-hydroxylation sites is 1. The molecule has 2 N–H and O–H groups in total. The minimum absolute atomic E-state index is 0.0552. The Morgan fingerprint density at radius 2 is 2.11 bits per heavy atom. The van der Waals surface area contributed by atoms with Crippen molar-refractivity contribution >= 4 is 11.6 Å². The molecule has 18 heavy (non-hydrogen) atoms. The van der Waals surface area contributed by atoms with Crippen molar-refractivity contribution < 1.29 is 9.53 Å². The van der Waals surface area contributed by atoms with Crippen LogP contribution in [0.4, 0.5) is 5.69 Å². The van der Waals surface area contributed by atoms with Gasteiger partial charge in [0.05, 0.1) is 6.04 Å². The second kappa shape index (κ2) is 7.13. The fourth-order valence-corrected chi connectivity index (χ4v) is 1.88. The second-order valence-corrected chi connectivity index (χ2v) is 4.43. The lowest BCUT2D eigenvalue weighted by Gasteiger charge is -2.23. The number of aryl methyl sites for hydroxylation is 1. The van der Waals surface area contributed by atoms with Gasteiger partial charge < -0.3 is 15.4 Å². The third-order valence-electron chi connectivity index (χ3n) is 2.99. The number of anilines is 1. The van der Waals surface area contributed by atoms with Crippen molar-refractivity contribution in [3.05, 3.63) is 29.8 Å². The van der Waals surface area contributed by atoms with E-state index in [0.29, 0.717) is 13.0 Å². The van der Waals surface area contributed by atoms with E-state index in [0.717, 1.165) is 17.7 Å². The maximum absolute atomic E-state index is 12.1. The maximum atomic E-state index is 12.1. The Hall–Kier alpha value is -1.39. The molecule has 1 rings (SSSR count). The third kappa shape index (κ3) is 3.82. The Labute approximate surface area is 109 Å². The van der Waals surface area contributed by atoms with Gasteiger partial charge in [-0.1, -0.05) is 18.2 Å². The van der Waals surface area contributed by atoms with E-state index in [1.165, 1.54) is 0 Å². The molecule has 0 fully saturated rings. The molecule has 0 aromatic heterocycles. The Bertz CT molecular complexity index is 393. The van der Waals surface area contributed by atoms with Crippen molar-refractivity contribution in [3.63, 3.8) is 0 Å². The lowest BCUT2D eigenvalue weighted by atomic mass is 10.1. The van der Waals surface area contributed by atoms with Crippen molar-refractivity contribution in [3.8, 4) is 0 Å². The molecule has 1 amide bonds. The van der Waals surface area contributed by atoms with E-state index in [9.17, 15) is 4.79 Å². The first kappa shape index (κ1) is 14.7. The molecule has 0 bridgehead atoms. The van der Waals surface area contributed by atoms with Crippen molar-refractivity contribution in [2.45, 2.75) is 25.8 Å². The summed E-state index contributed by atoms with van der Waals surface area (Å²) in [5, 5.41) is 0. The lowest BCUT2D eigenvalue weighted by Crippen LogP contribution is -2.42. The van der Waals surface area contributed by atoms with Crippen LogP contribution in [0.5, 0.6) is 0 Å². The van der Waals surface area contributed by atoms with E-state index in [2.05, 4.69) is 0 Å². The van der Waals surface area contributed by atoms with Gasteiger partial charge in [-0.3, -0.25) is 4.79 Å². The maximum Gasteiger partial charge on any atom is 0.243 e. The van der Waals surface area contributed by atoms with Gasteiger partial charge in [-0.05, 0) is 31.4 Å². The number of nitrogens with two attached hydrogens (primary N) is 1. The SMILES string of the molecule is COCCCC(N)C(=O)N(C)c1ccccc1C. The van der Waals surface area contributed by atoms with Gasteiger partial charge in [-0.2, -0.15) is 0 Å². The molecule has 0 aliphatic carbocycles. The molecular formula is C14H22N2O2. The van der Waals surface area contributed by atoms with Gasteiger partial charge in [0.2, 0.25) is 5.91 Å². The third-order valence-corrected chi connectivity index (χ3v) is 2.99. The summed E-state index contributed by atoms with van der Waals surface area (Å²) in [5.74, 6) is -0.0552. The van der Waals surface area contributed by atoms with Crippen LogP contribution in [-0.4, -0.2) is 32.7 Å². The van der Waals surface area contributed by atoms with Crippen molar-refractivity contribution in [2.75, 3.05) is 25.7 Å². The number of methoxy groups -OCH3 is 1. The zero-order chi connectivity index (χ0) is 13.5. The second-order valence-electron chi connectivity index (χ2n) is 4.43. The molecule has 100 valence electrons. The zero-order valence-corrected chi connectivity index (χ0v) is 11.3. The summed E-state index contributed by atoms with van der Waals surface area (Å²) >= 11 is 0. The van der Waals surface area contributed by atoms with E-state index in [4.69, 9.17) is 10.5 Å². The first-order valence-corrected chi connectivity index (χ1v) is 6.15. The van der Waals surface area contributed by atoms with Crippen molar-refractivity contribution in [2.24, 2.45) is 5.73 Å². The average molecular weight is 250 g/mol. The number of rotatable bonds is 6. The van der Waals surface area contributed by atoms with Crippen LogP contribution in [0.1, 0.15) is 18.4 Å². The molecule has 0 heterocycles. The number of hydrogen-bond donors (Lipinski definition) is 1. The van der Waals surface area contributed by atoms with Gasteiger partial charge in [0.15, 0.2) is 0 Å². The van der Waals surface area contributed by atoms with Crippen LogP contribution >= 0.6 is 0 Å². The fourth-order valence-electron chi connectivity index (χ4n) is 1.88. The van der Waals surface area contributed by atoms with Crippen LogP contribution in [0.25, 0.3) is 0 Å². The first-order valence-electron chi connectivity index (χ1n) is 6.15. The molecule has 0 spiro atoms. The van der Waals surface area contributed by atoms with Gasteiger partial charge >= 0.3 is 0 Å². The topological polar surface area (TPSA) is 55.6 Å². The summed E-state index contributed by atoms with van der Waals surface area (Å²) in [6.45, 7) is 2.62. The molecule has 1 atom stereocenters. The van der Waals surface area contributed by atoms with E-state index in [1.807, 2.05) is 31.2 Å². The predicted molar refractivity (Wildman–Crippen MR) is 73.7 cm³/mol. The van der Waals surface area contributed by atoms with E-state index in [1.54, 1.807) is 19.1 Å². The van der Waals surface area contributed by atoms with E-state index in [-0.39, 0.29) is 5.91 Å². The summed E-state index contributed by atoms with van der Waals surface area (Å²) in [4.78, 5) is 13.8. The number of nitrogens with zero attached hydrogens (tertiary/aromatic N) is 1. The van der Waals surface area contributed by atoms with Crippen LogP contribution in [0.2, 0.25) is 0 Å². The zero-order valence-electron chi connectivity index (χ0n) is 11.3.